The molecule has 0 aromatic carbocycles. The maximum Gasteiger partial charge on any atom is 0.141 e. The molecule has 5 heteroatoms. The minimum atomic E-state index is -0.0277. The highest BCUT2D eigenvalue weighted by atomic mass is 16.3. The molecule has 0 spiro atoms. The summed E-state index contributed by atoms with van der Waals surface area (Å²) < 4.78 is 0. The lowest BCUT2D eigenvalue weighted by atomic mass is 10.3. The van der Waals surface area contributed by atoms with Crippen LogP contribution in [0.4, 0.5) is 5.82 Å². The van der Waals surface area contributed by atoms with Crippen LogP contribution in [0.5, 0.6) is 0 Å². The minimum absolute atomic E-state index is 0.0277. The Balaban J connectivity index is 2.83. The second-order valence-electron chi connectivity index (χ2n) is 3.45. The molecule has 0 amide bonds. The number of aliphatic hydroxyl groups is 1. The van der Waals surface area contributed by atoms with Crippen LogP contribution in [0.1, 0.15) is 19.0 Å². The number of aliphatic hydroxyl groups excluding tert-OH is 1. The third-order valence-electron chi connectivity index (χ3n) is 2.30. The predicted molar refractivity (Wildman–Crippen MR) is 64.8 cm³/mol. The summed E-state index contributed by atoms with van der Waals surface area (Å²) in [4.78, 5) is 6.34. The van der Waals surface area contributed by atoms with Crippen molar-refractivity contribution in [1.29, 1.82) is 5.41 Å². The van der Waals surface area contributed by atoms with Crippen molar-refractivity contribution >= 4 is 11.7 Å². The number of hydrogen-bond acceptors (Lipinski definition) is 4. The van der Waals surface area contributed by atoms with Gasteiger partial charge in [-0.1, -0.05) is 6.07 Å². The van der Waals surface area contributed by atoms with Crippen LogP contribution in [0, 0.1) is 5.41 Å². The Bertz CT molecular complexity index is 354. The monoisotopic (exact) mass is 222 g/mol. The summed E-state index contributed by atoms with van der Waals surface area (Å²) in [6.07, 6.45) is 0.708. The Labute approximate surface area is 95.4 Å². The first-order valence-electron chi connectivity index (χ1n) is 5.36. The topological polar surface area (TPSA) is 86.2 Å². The van der Waals surface area contributed by atoms with E-state index in [-0.39, 0.29) is 12.4 Å². The van der Waals surface area contributed by atoms with Gasteiger partial charge in [0.2, 0.25) is 0 Å². The number of aromatic nitrogens is 1. The van der Waals surface area contributed by atoms with Gasteiger partial charge >= 0.3 is 0 Å². The number of nitrogens with two attached hydrogens (primary N) is 1. The van der Waals surface area contributed by atoms with Gasteiger partial charge in [-0.05, 0) is 25.5 Å². The summed E-state index contributed by atoms with van der Waals surface area (Å²) in [5.41, 5.74) is 5.87. The molecule has 0 atom stereocenters. The molecular weight excluding hydrogens is 204 g/mol. The zero-order valence-corrected chi connectivity index (χ0v) is 9.48. The largest absolute Gasteiger partial charge is 0.396 e. The first-order chi connectivity index (χ1) is 7.69. The van der Waals surface area contributed by atoms with E-state index in [1.807, 2.05) is 24.0 Å². The van der Waals surface area contributed by atoms with Crippen LogP contribution in [0.2, 0.25) is 0 Å². The van der Waals surface area contributed by atoms with E-state index >= 15 is 0 Å². The molecule has 0 bridgehead atoms. The zero-order valence-electron chi connectivity index (χ0n) is 9.48. The van der Waals surface area contributed by atoms with Crippen molar-refractivity contribution in [3.8, 4) is 0 Å². The van der Waals surface area contributed by atoms with Gasteiger partial charge in [0.05, 0.1) is 0 Å². The number of hydrogen-bond donors (Lipinski definition) is 3. The zero-order chi connectivity index (χ0) is 12.0. The fourth-order valence-electron chi connectivity index (χ4n) is 1.45. The molecule has 1 heterocycles. The molecule has 0 aliphatic heterocycles. The Kier molecular flexibility index (Phi) is 4.72. The summed E-state index contributed by atoms with van der Waals surface area (Å²) >= 11 is 0. The molecule has 0 radical (unpaired) electrons. The van der Waals surface area contributed by atoms with Crippen LogP contribution in [0.15, 0.2) is 18.2 Å². The van der Waals surface area contributed by atoms with Crippen LogP contribution in [0.25, 0.3) is 0 Å². The number of rotatable bonds is 6. The molecule has 0 unspecified atom stereocenters. The van der Waals surface area contributed by atoms with Gasteiger partial charge in [0, 0.05) is 19.7 Å². The SMILES string of the molecule is CCN(CCCO)c1cccc(C(=N)N)n1. The molecule has 0 saturated heterocycles. The lowest BCUT2D eigenvalue weighted by Gasteiger charge is -2.21. The lowest BCUT2D eigenvalue weighted by molar-refractivity contribution is 0.289. The molecule has 16 heavy (non-hydrogen) atoms. The minimum Gasteiger partial charge on any atom is -0.396 e. The van der Waals surface area contributed by atoms with Crippen LogP contribution in [-0.4, -0.2) is 35.6 Å². The van der Waals surface area contributed by atoms with Gasteiger partial charge in [-0.3, -0.25) is 5.41 Å². The molecule has 4 N–H and O–H groups in total. The van der Waals surface area contributed by atoms with Gasteiger partial charge in [-0.2, -0.15) is 0 Å². The van der Waals surface area contributed by atoms with Gasteiger partial charge in [-0.25, -0.2) is 4.98 Å². The molecule has 0 saturated carbocycles. The highest BCUT2D eigenvalue weighted by molar-refractivity contribution is 5.93. The van der Waals surface area contributed by atoms with Crippen molar-refractivity contribution in [1.82, 2.24) is 4.98 Å². The average molecular weight is 222 g/mol. The fraction of sp³-hybridized carbons (Fsp3) is 0.455. The highest BCUT2D eigenvalue weighted by Crippen LogP contribution is 2.11. The van der Waals surface area contributed by atoms with Crippen molar-refractivity contribution in [2.75, 3.05) is 24.6 Å². The summed E-state index contributed by atoms with van der Waals surface area (Å²) in [5, 5.41) is 16.1. The normalized spacial score (nSPS) is 10.1. The quantitative estimate of drug-likeness (QED) is 0.485. The standard InChI is InChI=1S/C11H18N4O/c1-2-15(7-4-8-16)10-6-3-5-9(14-10)11(12)13/h3,5-6,16H,2,4,7-8H2,1H3,(H3,12,13). The van der Waals surface area contributed by atoms with Gasteiger partial charge in [-0.15, -0.1) is 0 Å². The van der Waals surface area contributed by atoms with Crippen LogP contribution in [0.3, 0.4) is 0 Å². The van der Waals surface area contributed by atoms with Gasteiger partial charge in [0.25, 0.3) is 0 Å². The predicted octanol–water partition coefficient (Wildman–Crippen LogP) is 0.574. The van der Waals surface area contributed by atoms with Crippen molar-refractivity contribution < 1.29 is 5.11 Å². The van der Waals surface area contributed by atoms with E-state index in [1.165, 1.54) is 0 Å². The van der Waals surface area contributed by atoms with E-state index in [0.717, 1.165) is 18.9 Å². The second kappa shape index (κ2) is 6.07. The Morgan fingerprint density at radius 2 is 2.31 bits per heavy atom. The van der Waals surface area contributed by atoms with Crippen molar-refractivity contribution in [3.05, 3.63) is 23.9 Å². The van der Waals surface area contributed by atoms with E-state index in [0.29, 0.717) is 12.1 Å². The molecule has 1 aromatic heterocycles. The van der Waals surface area contributed by atoms with E-state index in [9.17, 15) is 0 Å². The van der Waals surface area contributed by atoms with Crippen molar-refractivity contribution in [2.45, 2.75) is 13.3 Å². The molecular formula is C11H18N4O. The Morgan fingerprint density at radius 1 is 1.56 bits per heavy atom. The summed E-state index contributed by atoms with van der Waals surface area (Å²) in [5.74, 6) is 0.767. The molecule has 0 aliphatic rings. The van der Waals surface area contributed by atoms with Gasteiger partial charge in [0.15, 0.2) is 0 Å². The Hall–Kier alpha value is -1.62. The first kappa shape index (κ1) is 12.4. The number of nitrogens with zero attached hydrogens (tertiary/aromatic N) is 2. The van der Waals surface area contributed by atoms with Gasteiger partial charge < -0.3 is 15.7 Å². The molecule has 0 aliphatic carbocycles. The molecule has 1 aromatic rings. The van der Waals surface area contributed by atoms with Crippen LogP contribution in [-0.2, 0) is 0 Å². The third kappa shape index (κ3) is 3.20. The number of amidine groups is 1. The van der Waals surface area contributed by atoms with E-state index in [4.69, 9.17) is 16.2 Å². The van der Waals surface area contributed by atoms with Crippen molar-refractivity contribution in [3.63, 3.8) is 0 Å². The molecule has 1 rings (SSSR count). The highest BCUT2D eigenvalue weighted by Gasteiger charge is 2.06. The van der Waals surface area contributed by atoms with E-state index in [1.54, 1.807) is 6.07 Å². The summed E-state index contributed by atoms with van der Waals surface area (Å²) in [7, 11) is 0. The van der Waals surface area contributed by atoms with Crippen LogP contribution >= 0.6 is 0 Å². The lowest BCUT2D eigenvalue weighted by Crippen LogP contribution is -2.26. The van der Waals surface area contributed by atoms with E-state index < -0.39 is 0 Å². The van der Waals surface area contributed by atoms with E-state index in [2.05, 4.69) is 4.98 Å². The number of nitrogen functional groups attached to an aromatic ring is 1. The number of pyridine rings is 1. The first-order valence-corrected chi connectivity index (χ1v) is 5.36. The maximum absolute atomic E-state index is 8.80. The second-order valence-corrected chi connectivity index (χ2v) is 3.45. The summed E-state index contributed by atoms with van der Waals surface area (Å²) in [6, 6.07) is 5.43. The fourth-order valence-corrected chi connectivity index (χ4v) is 1.45. The average Bonchev–Trinajstić information content (AvgIpc) is 2.30. The smallest absolute Gasteiger partial charge is 0.141 e. The van der Waals surface area contributed by atoms with Gasteiger partial charge in [0.1, 0.15) is 17.3 Å². The molecule has 88 valence electrons. The Morgan fingerprint density at radius 3 is 2.88 bits per heavy atom. The van der Waals surface area contributed by atoms with Crippen molar-refractivity contribution in [2.24, 2.45) is 5.73 Å². The number of nitrogens with one attached hydrogen (secondary N) is 1. The number of anilines is 1. The van der Waals surface area contributed by atoms with Crippen LogP contribution < -0.4 is 10.6 Å². The third-order valence-corrected chi connectivity index (χ3v) is 2.30. The maximum atomic E-state index is 8.80. The molecule has 0 fully saturated rings. The molecule has 5 nitrogen and oxygen atoms in total. The summed E-state index contributed by atoms with van der Waals surface area (Å²) in [6.45, 7) is 3.76.